The van der Waals surface area contributed by atoms with E-state index in [9.17, 15) is 0 Å². The molecule has 0 aromatic heterocycles. The molecule has 0 saturated heterocycles. The molecule has 9 nitrogen and oxygen atoms in total. The van der Waals surface area contributed by atoms with Crippen molar-refractivity contribution in [1.82, 2.24) is 0 Å². The standard InChI is InChI=1S/BH3O3.Na.6H2O.H/c2-1(3)4;;;;;;;;/h2-4H;;6*1H2;/q;+1;;;;;;;-1. The van der Waals surface area contributed by atoms with E-state index >= 15 is 0 Å². The fourth-order valence-electron chi connectivity index (χ4n) is 0. The Kier molecular flexibility index (Phi) is 653. The molecule has 0 heterocycles. The molecule has 11 heteroatoms. The van der Waals surface area contributed by atoms with Gasteiger partial charge in [0.1, 0.15) is 0 Å². The molecule has 0 aromatic rings. The van der Waals surface area contributed by atoms with Crippen molar-refractivity contribution in [2.45, 2.75) is 0 Å². The van der Waals surface area contributed by atoms with Crippen LogP contribution in [0.1, 0.15) is 1.43 Å². The molecule has 0 saturated carbocycles. The maximum Gasteiger partial charge on any atom is 1.00 e. The quantitative estimate of drug-likeness (QED) is 0.317. The van der Waals surface area contributed by atoms with E-state index in [1.165, 1.54) is 0 Å². The van der Waals surface area contributed by atoms with Crippen LogP contribution in [0.25, 0.3) is 0 Å². The fraction of sp³-hybridized carbons (Fsp3) is 0. The third kappa shape index (κ3) is 1630. The van der Waals surface area contributed by atoms with Crippen LogP contribution in [0.2, 0.25) is 0 Å². The Morgan fingerprint density at radius 2 is 0.636 bits per heavy atom. The molecule has 11 heavy (non-hydrogen) atoms. The molecule has 0 amide bonds. The monoisotopic (exact) mass is 194 g/mol. The average molecular weight is 194 g/mol. The van der Waals surface area contributed by atoms with E-state index in [4.69, 9.17) is 15.1 Å². The minimum atomic E-state index is -2.17. The predicted octanol–water partition coefficient (Wildman–Crippen LogP) is -9.88. The maximum absolute atomic E-state index is 7.17. The van der Waals surface area contributed by atoms with Crippen molar-refractivity contribution in [3.05, 3.63) is 0 Å². The number of hydrogen-bond donors (Lipinski definition) is 3. The first kappa shape index (κ1) is 97.7. The van der Waals surface area contributed by atoms with E-state index in [1.807, 2.05) is 0 Å². The van der Waals surface area contributed by atoms with Gasteiger partial charge in [-0.2, -0.15) is 0 Å². The van der Waals surface area contributed by atoms with Gasteiger partial charge in [0.15, 0.2) is 0 Å². The summed E-state index contributed by atoms with van der Waals surface area (Å²) in [5.41, 5.74) is 0. The van der Waals surface area contributed by atoms with E-state index < -0.39 is 7.32 Å². The molecule has 0 spiro atoms. The van der Waals surface area contributed by atoms with Crippen LogP contribution in [0.4, 0.5) is 0 Å². The van der Waals surface area contributed by atoms with Crippen LogP contribution < -0.4 is 29.6 Å². The number of hydrogen-bond acceptors (Lipinski definition) is 3. The summed E-state index contributed by atoms with van der Waals surface area (Å²) >= 11 is 0. The molecule has 0 aliphatic carbocycles. The Bertz CT molecular complexity index is 19.2. The van der Waals surface area contributed by atoms with Crippen LogP contribution in [0.5, 0.6) is 0 Å². The van der Waals surface area contributed by atoms with E-state index in [-0.39, 0.29) is 63.8 Å². The summed E-state index contributed by atoms with van der Waals surface area (Å²) in [6.45, 7) is 0. The molecule has 0 unspecified atom stereocenters. The molecule has 0 fully saturated rings. The van der Waals surface area contributed by atoms with Crippen LogP contribution >= 0.6 is 0 Å². The molecule has 0 rings (SSSR count). The normalized spacial score (nSPS) is 2.45. The van der Waals surface area contributed by atoms with Crippen LogP contribution in [0.3, 0.4) is 0 Å². The van der Waals surface area contributed by atoms with Crippen molar-refractivity contribution in [3.63, 3.8) is 0 Å². The van der Waals surface area contributed by atoms with Crippen molar-refractivity contribution >= 4 is 7.32 Å². The topological polar surface area (TPSA) is 250 Å². The molecule has 0 atom stereocenters. The SMILES string of the molecule is O.O.O.O.O.O.OB(O)O.[H-].[Na+]. The fourth-order valence-corrected chi connectivity index (χ4v) is 0. The molecule has 74 valence electrons. The molecule has 15 N–H and O–H groups in total. The van der Waals surface area contributed by atoms with Gasteiger partial charge in [-0.05, 0) is 0 Å². The summed E-state index contributed by atoms with van der Waals surface area (Å²) in [6, 6.07) is 0. The Labute approximate surface area is 86.5 Å². The van der Waals surface area contributed by atoms with E-state index in [2.05, 4.69) is 0 Å². The van der Waals surface area contributed by atoms with Crippen LogP contribution in [0, 0.1) is 0 Å². The van der Waals surface area contributed by atoms with Gasteiger partial charge in [0.05, 0.1) is 0 Å². The average Bonchev–Trinajstić information content (AvgIpc) is 0.811. The second-order valence-electron chi connectivity index (χ2n) is 0.346. The van der Waals surface area contributed by atoms with Gasteiger partial charge in [-0.15, -0.1) is 0 Å². The van der Waals surface area contributed by atoms with Gasteiger partial charge in [0.25, 0.3) is 0 Å². The maximum atomic E-state index is 7.17. The Morgan fingerprint density at radius 3 is 0.636 bits per heavy atom. The summed E-state index contributed by atoms with van der Waals surface area (Å²) in [5.74, 6) is 0. The molecule has 0 aliphatic heterocycles. The Hall–Kier alpha value is 0.705. The van der Waals surface area contributed by atoms with Gasteiger partial charge in [-0.3, -0.25) is 0 Å². The first-order chi connectivity index (χ1) is 1.73. The predicted molar refractivity (Wildman–Crippen MR) is 35.2 cm³/mol. The van der Waals surface area contributed by atoms with E-state index in [0.29, 0.717) is 0 Å². The minimum absolute atomic E-state index is 0. The summed E-state index contributed by atoms with van der Waals surface area (Å²) in [7, 11) is -2.17. The number of rotatable bonds is 0. The third-order valence-corrected chi connectivity index (χ3v) is 0. The zero-order valence-electron chi connectivity index (χ0n) is 6.92. The van der Waals surface area contributed by atoms with Crippen molar-refractivity contribution in [2.24, 2.45) is 0 Å². The second-order valence-corrected chi connectivity index (χ2v) is 0.346. The van der Waals surface area contributed by atoms with Gasteiger partial charge in [-0.25, -0.2) is 0 Å². The van der Waals surface area contributed by atoms with Crippen molar-refractivity contribution in [3.8, 4) is 0 Å². The third-order valence-electron chi connectivity index (χ3n) is 0. The van der Waals surface area contributed by atoms with Gasteiger partial charge < -0.3 is 49.4 Å². The van der Waals surface area contributed by atoms with E-state index in [0.717, 1.165) is 0 Å². The summed E-state index contributed by atoms with van der Waals surface area (Å²) in [5, 5.41) is 21.5. The van der Waals surface area contributed by atoms with Crippen LogP contribution in [-0.4, -0.2) is 55.3 Å². The Balaban J connectivity index is -0.00000000161. The second kappa shape index (κ2) is 73.5. The first-order valence-electron chi connectivity index (χ1n) is 0.775. The van der Waals surface area contributed by atoms with Gasteiger partial charge in [-0.1, -0.05) is 0 Å². The smallest absolute Gasteiger partial charge is 1.00 e. The Morgan fingerprint density at radius 1 is 0.636 bits per heavy atom. The molecule has 0 bridgehead atoms. The molecular weight excluding hydrogens is 178 g/mol. The molecular formula is H16BNaO9. The van der Waals surface area contributed by atoms with Gasteiger partial charge in [0.2, 0.25) is 0 Å². The summed E-state index contributed by atoms with van der Waals surface area (Å²) in [6.07, 6.45) is 0. The molecule has 0 aromatic carbocycles. The summed E-state index contributed by atoms with van der Waals surface area (Å²) in [4.78, 5) is 0. The van der Waals surface area contributed by atoms with Crippen LogP contribution in [-0.2, 0) is 0 Å². The van der Waals surface area contributed by atoms with E-state index in [1.54, 1.807) is 0 Å². The largest absolute Gasteiger partial charge is 1.00 e. The van der Waals surface area contributed by atoms with Gasteiger partial charge >= 0.3 is 36.9 Å². The van der Waals surface area contributed by atoms with Gasteiger partial charge in [0, 0.05) is 0 Å². The zero-order chi connectivity index (χ0) is 3.58. The summed E-state index contributed by atoms with van der Waals surface area (Å²) < 4.78 is 0. The zero-order valence-corrected chi connectivity index (χ0v) is 7.92. The molecule has 0 aliphatic rings. The first-order valence-corrected chi connectivity index (χ1v) is 0.775. The van der Waals surface area contributed by atoms with Crippen molar-refractivity contribution in [1.29, 1.82) is 0 Å². The van der Waals surface area contributed by atoms with Crippen molar-refractivity contribution < 1.29 is 78.9 Å². The molecule has 0 radical (unpaired) electrons. The minimum Gasteiger partial charge on any atom is -1.00 e. The van der Waals surface area contributed by atoms with Crippen molar-refractivity contribution in [2.75, 3.05) is 0 Å². The van der Waals surface area contributed by atoms with Crippen LogP contribution in [0.15, 0.2) is 0 Å².